The first-order valence-corrected chi connectivity index (χ1v) is 6.19. The van der Waals surface area contributed by atoms with Gasteiger partial charge in [-0.2, -0.15) is 5.11 Å². The molecule has 0 aliphatic heterocycles. The molecule has 106 valence electrons. The Morgan fingerprint density at radius 2 is 1.76 bits per heavy atom. The second-order valence-corrected chi connectivity index (χ2v) is 4.20. The van der Waals surface area contributed by atoms with Crippen molar-refractivity contribution in [3.05, 3.63) is 60.7 Å². The Labute approximate surface area is 122 Å². The van der Waals surface area contributed by atoms with Gasteiger partial charge in [0.2, 0.25) is 0 Å². The molecule has 0 fully saturated rings. The summed E-state index contributed by atoms with van der Waals surface area (Å²) >= 11 is 0. The summed E-state index contributed by atoms with van der Waals surface area (Å²) in [6.07, 6.45) is 0. The summed E-state index contributed by atoms with van der Waals surface area (Å²) in [6, 6.07) is 13.9. The predicted molar refractivity (Wildman–Crippen MR) is 80.3 cm³/mol. The number of carboxylic acid groups (broad SMARTS) is 1. The topological polar surface area (TPSA) is 71.2 Å². The molecule has 0 aliphatic carbocycles. The molecule has 0 spiro atoms. The van der Waals surface area contributed by atoms with Crippen LogP contribution in [0.3, 0.4) is 0 Å². The molecule has 21 heavy (non-hydrogen) atoms. The first-order valence-electron chi connectivity index (χ1n) is 6.19. The van der Waals surface area contributed by atoms with Gasteiger partial charge in [-0.15, -0.1) is 5.11 Å². The van der Waals surface area contributed by atoms with E-state index in [-0.39, 0.29) is 5.57 Å². The van der Waals surface area contributed by atoms with E-state index in [2.05, 4.69) is 16.8 Å². The Balaban J connectivity index is 2.18. The van der Waals surface area contributed by atoms with Crippen molar-refractivity contribution in [2.45, 2.75) is 0 Å². The average Bonchev–Trinajstić information content (AvgIpc) is 2.52. The standard InChI is InChI=1S/C16H14N2O3/c1-11(16(19)20)12-7-9-13(10-8-12)17-18-14-5-3-4-6-15(14)21-2/h3-10H,1H2,2H3,(H,19,20). The van der Waals surface area contributed by atoms with Crippen LogP contribution in [-0.2, 0) is 4.79 Å². The molecule has 0 amide bonds. The number of carboxylic acids is 1. The normalized spacial score (nSPS) is 10.5. The highest BCUT2D eigenvalue weighted by Crippen LogP contribution is 2.28. The lowest BCUT2D eigenvalue weighted by atomic mass is 10.1. The molecule has 5 nitrogen and oxygen atoms in total. The van der Waals surface area contributed by atoms with Crippen molar-refractivity contribution in [2.75, 3.05) is 7.11 Å². The van der Waals surface area contributed by atoms with Crippen molar-refractivity contribution in [3.63, 3.8) is 0 Å². The maximum Gasteiger partial charge on any atom is 0.335 e. The van der Waals surface area contributed by atoms with E-state index < -0.39 is 5.97 Å². The number of ether oxygens (including phenoxy) is 1. The highest BCUT2D eigenvalue weighted by Gasteiger charge is 2.06. The molecular formula is C16H14N2O3. The van der Waals surface area contributed by atoms with Crippen LogP contribution in [0.4, 0.5) is 11.4 Å². The SMILES string of the molecule is C=C(C(=O)O)c1ccc(N=Nc2ccccc2OC)cc1. The zero-order chi connectivity index (χ0) is 15.2. The van der Waals surface area contributed by atoms with E-state index in [1.54, 1.807) is 43.5 Å². The average molecular weight is 282 g/mol. The molecule has 0 aromatic heterocycles. The van der Waals surface area contributed by atoms with Crippen molar-refractivity contribution in [1.29, 1.82) is 0 Å². The Morgan fingerprint density at radius 3 is 2.38 bits per heavy atom. The third-order valence-electron chi connectivity index (χ3n) is 2.83. The van der Waals surface area contributed by atoms with Crippen LogP contribution in [0.1, 0.15) is 5.56 Å². The van der Waals surface area contributed by atoms with E-state index in [9.17, 15) is 4.79 Å². The number of azo groups is 1. The Morgan fingerprint density at radius 1 is 1.10 bits per heavy atom. The maximum absolute atomic E-state index is 10.8. The van der Waals surface area contributed by atoms with E-state index in [4.69, 9.17) is 9.84 Å². The molecular weight excluding hydrogens is 268 g/mol. The zero-order valence-corrected chi connectivity index (χ0v) is 11.5. The van der Waals surface area contributed by atoms with Crippen molar-refractivity contribution in [3.8, 4) is 5.75 Å². The van der Waals surface area contributed by atoms with Crippen LogP contribution in [0.2, 0.25) is 0 Å². The molecule has 1 N–H and O–H groups in total. The zero-order valence-electron chi connectivity index (χ0n) is 11.5. The highest BCUT2D eigenvalue weighted by atomic mass is 16.5. The third-order valence-corrected chi connectivity index (χ3v) is 2.83. The predicted octanol–water partition coefficient (Wildman–Crippen LogP) is 4.21. The summed E-state index contributed by atoms with van der Waals surface area (Å²) in [5, 5.41) is 17.1. The van der Waals surface area contributed by atoms with E-state index in [0.717, 1.165) is 0 Å². The number of rotatable bonds is 5. The van der Waals surface area contributed by atoms with Crippen LogP contribution >= 0.6 is 0 Å². The van der Waals surface area contributed by atoms with Gasteiger partial charge in [-0.3, -0.25) is 0 Å². The van der Waals surface area contributed by atoms with Crippen molar-refractivity contribution in [2.24, 2.45) is 10.2 Å². The van der Waals surface area contributed by atoms with E-state index >= 15 is 0 Å². The second-order valence-electron chi connectivity index (χ2n) is 4.20. The molecule has 0 heterocycles. The van der Waals surface area contributed by atoms with Crippen LogP contribution in [0.25, 0.3) is 5.57 Å². The third kappa shape index (κ3) is 3.54. The Hall–Kier alpha value is -2.95. The maximum atomic E-state index is 10.8. The summed E-state index contributed by atoms with van der Waals surface area (Å²) in [5.74, 6) is -0.407. The molecule has 5 heteroatoms. The van der Waals surface area contributed by atoms with Gasteiger partial charge in [0.1, 0.15) is 11.4 Å². The quantitative estimate of drug-likeness (QED) is 0.659. The van der Waals surface area contributed by atoms with Gasteiger partial charge in [-0.1, -0.05) is 30.8 Å². The number of hydrogen-bond acceptors (Lipinski definition) is 4. The first-order chi connectivity index (χ1) is 10.1. The number of nitrogens with zero attached hydrogens (tertiary/aromatic N) is 2. The summed E-state index contributed by atoms with van der Waals surface area (Å²) in [4.78, 5) is 10.8. The Kier molecular flexibility index (Phi) is 4.46. The lowest BCUT2D eigenvalue weighted by molar-refractivity contribution is -0.130. The molecule has 0 atom stereocenters. The second kappa shape index (κ2) is 6.47. The van der Waals surface area contributed by atoms with Gasteiger partial charge in [0.15, 0.2) is 0 Å². The minimum atomic E-state index is -1.04. The van der Waals surface area contributed by atoms with Gasteiger partial charge in [0.25, 0.3) is 0 Å². The molecule has 0 bridgehead atoms. The molecule has 2 aromatic rings. The van der Waals surface area contributed by atoms with Crippen molar-refractivity contribution < 1.29 is 14.6 Å². The summed E-state index contributed by atoms with van der Waals surface area (Å²) in [6.45, 7) is 3.50. The van der Waals surface area contributed by atoms with E-state index in [1.807, 2.05) is 12.1 Å². The smallest absolute Gasteiger partial charge is 0.335 e. The molecule has 0 unspecified atom stereocenters. The highest BCUT2D eigenvalue weighted by molar-refractivity contribution is 6.14. The first kappa shape index (κ1) is 14.5. The van der Waals surface area contributed by atoms with Crippen LogP contribution < -0.4 is 4.74 Å². The number of para-hydroxylation sites is 1. The molecule has 0 radical (unpaired) electrons. The summed E-state index contributed by atoms with van der Waals surface area (Å²) < 4.78 is 5.18. The number of carbonyl (C=O) groups is 1. The molecule has 0 saturated heterocycles. The van der Waals surface area contributed by atoms with Crippen LogP contribution in [0.5, 0.6) is 5.75 Å². The van der Waals surface area contributed by atoms with Gasteiger partial charge in [-0.05, 0) is 29.8 Å². The summed E-state index contributed by atoms with van der Waals surface area (Å²) in [7, 11) is 1.57. The fraction of sp³-hybridized carbons (Fsp3) is 0.0625. The molecule has 2 rings (SSSR count). The lowest BCUT2D eigenvalue weighted by Gasteiger charge is -2.02. The van der Waals surface area contributed by atoms with Gasteiger partial charge in [-0.25, -0.2) is 4.79 Å². The number of benzene rings is 2. The van der Waals surface area contributed by atoms with E-state index in [1.165, 1.54) is 0 Å². The van der Waals surface area contributed by atoms with Gasteiger partial charge in [0, 0.05) is 0 Å². The lowest BCUT2D eigenvalue weighted by Crippen LogP contribution is -1.97. The fourth-order valence-electron chi connectivity index (χ4n) is 1.68. The van der Waals surface area contributed by atoms with Crippen molar-refractivity contribution in [1.82, 2.24) is 0 Å². The van der Waals surface area contributed by atoms with Crippen LogP contribution in [0.15, 0.2) is 65.3 Å². The molecule has 0 saturated carbocycles. The van der Waals surface area contributed by atoms with Crippen LogP contribution in [-0.4, -0.2) is 18.2 Å². The van der Waals surface area contributed by atoms with Crippen molar-refractivity contribution >= 4 is 22.9 Å². The van der Waals surface area contributed by atoms with Gasteiger partial charge < -0.3 is 9.84 Å². The van der Waals surface area contributed by atoms with Gasteiger partial charge in [0.05, 0.1) is 18.4 Å². The van der Waals surface area contributed by atoms with Crippen LogP contribution in [0, 0.1) is 0 Å². The summed E-state index contributed by atoms with van der Waals surface area (Å²) in [5.41, 5.74) is 1.82. The minimum Gasteiger partial charge on any atom is -0.494 e. The minimum absolute atomic E-state index is 0.0446. The number of aliphatic carboxylic acids is 1. The number of methoxy groups -OCH3 is 1. The Bertz CT molecular complexity index is 691. The monoisotopic (exact) mass is 282 g/mol. The largest absolute Gasteiger partial charge is 0.494 e. The molecule has 2 aromatic carbocycles. The fourth-order valence-corrected chi connectivity index (χ4v) is 1.68. The van der Waals surface area contributed by atoms with E-state index in [0.29, 0.717) is 22.7 Å². The number of hydrogen-bond donors (Lipinski definition) is 1. The van der Waals surface area contributed by atoms with Gasteiger partial charge >= 0.3 is 5.97 Å². The molecule has 0 aliphatic rings.